The SMILES string of the molecule is C[C@]12CCC(O)CC1CCC1C2CC[C@@]2(C)C1CC[C@@H]2C(CO)OC1OC(C(=O)O)C(O)C(O)C1O. The number of carboxylic acid groups (broad SMARTS) is 1. The molecule has 0 bridgehead atoms. The van der Waals surface area contributed by atoms with Crippen molar-refractivity contribution in [3.8, 4) is 0 Å². The second kappa shape index (κ2) is 9.74. The third kappa shape index (κ3) is 4.14. The normalized spacial score (nSPS) is 53.7. The predicted octanol–water partition coefficient (Wildman–Crippen LogP) is 1.28. The number of hydrogen-bond acceptors (Lipinski definition) is 8. The molecule has 9 heteroatoms. The first-order valence-electron chi connectivity index (χ1n) is 13.9. The van der Waals surface area contributed by atoms with E-state index in [4.69, 9.17) is 9.47 Å². The van der Waals surface area contributed by atoms with Gasteiger partial charge in [0.05, 0.1) is 18.8 Å². The molecule has 0 aromatic carbocycles. The Morgan fingerprint density at radius 2 is 1.61 bits per heavy atom. The predicted molar refractivity (Wildman–Crippen MR) is 127 cm³/mol. The van der Waals surface area contributed by atoms with Gasteiger partial charge in [-0.15, -0.1) is 0 Å². The minimum Gasteiger partial charge on any atom is -0.479 e. The van der Waals surface area contributed by atoms with Gasteiger partial charge >= 0.3 is 5.97 Å². The monoisotopic (exact) mass is 512 g/mol. The van der Waals surface area contributed by atoms with Gasteiger partial charge < -0.3 is 40.1 Å². The van der Waals surface area contributed by atoms with Gasteiger partial charge in [0.25, 0.3) is 0 Å². The standard InChI is InChI=1S/C27H44O9/c1-26-9-7-14(29)11-13(26)3-4-15-16-5-6-18(27(16,2)10-8-17(15)26)19(12-28)35-25-22(32)20(30)21(31)23(36-25)24(33)34/h13-23,25,28-32H,3-12H2,1-2H3,(H,33,34)/t13?,14?,15?,16?,17?,18-,19?,20?,21?,22?,23?,25?,26+,27+/m1/s1. The summed E-state index contributed by atoms with van der Waals surface area (Å²) in [6.45, 7) is 4.45. The van der Waals surface area contributed by atoms with Crippen LogP contribution in [-0.2, 0) is 14.3 Å². The van der Waals surface area contributed by atoms with Gasteiger partial charge in [-0.3, -0.25) is 0 Å². The Morgan fingerprint density at radius 3 is 2.31 bits per heavy atom. The lowest BCUT2D eigenvalue weighted by molar-refractivity contribution is -0.313. The molecule has 0 spiro atoms. The van der Waals surface area contributed by atoms with Crippen molar-refractivity contribution in [1.82, 2.24) is 0 Å². The molecule has 0 aromatic rings. The fourth-order valence-electron chi connectivity index (χ4n) is 9.49. The van der Waals surface area contributed by atoms with Crippen LogP contribution in [0.4, 0.5) is 0 Å². The van der Waals surface area contributed by atoms with E-state index in [1.165, 1.54) is 6.42 Å². The molecule has 36 heavy (non-hydrogen) atoms. The third-order valence-corrected chi connectivity index (χ3v) is 11.5. The van der Waals surface area contributed by atoms with Crippen LogP contribution in [0.3, 0.4) is 0 Å². The van der Waals surface area contributed by atoms with E-state index in [9.17, 15) is 35.4 Å². The molecule has 1 heterocycles. The van der Waals surface area contributed by atoms with Crippen LogP contribution in [0.15, 0.2) is 0 Å². The number of ether oxygens (including phenoxy) is 2. The topological polar surface area (TPSA) is 157 Å². The zero-order valence-electron chi connectivity index (χ0n) is 21.4. The summed E-state index contributed by atoms with van der Waals surface area (Å²) >= 11 is 0. The number of aliphatic carboxylic acids is 1. The average Bonchev–Trinajstić information content (AvgIpc) is 3.19. The van der Waals surface area contributed by atoms with E-state index in [0.717, 1.165) is 51.4 Å². The lowest BCUT2D eigenvalue weighted by atomic mass is 9.44. The highest BCUT2D eigenvalue weighted by atomic mass is 16.7. The van der Waals surface area contributed by atoms with E-state index in [-0.39, 0.29) is 29.5 Å². The summed E-state index contributed by atoms with van der Waals surface area (Å²) in [6.07, 6.45) is 0.132. The number of hydrogen-bond donors (Lipinski definition) is 6. The molecular weight excluding hydrogens is 468 g/mol. The highest BCUT2D eigenvalue weighted by Crippen LogP contribution is 2.68. The fourth-order valence-corrected chi connectivity index (χ4v) is 9.49. The van der Waals surface area contributed by atoms with Crippen LogP contribution >= 0.6 is 0 Å². The molecule has 5 fully saturated rings. The molecule has 4 aliphatic carbocycles. The highest BCUT2D eigenvalue weighted by Gasteiger charge is 2.61. The van der Waals surface area contributed by atoms with Crippen molar-refractivity contribution in [2.45, 2.75) is 115 Å². The smallest absolute Gasteiger partial charge is 0.335 e. The van der Waals surface area contributed by atoms with Crippen molar-refractivity contribution >= 4 is 5.97 Å². The molecule has 11 unspecified atom stereocenters. The maximum Gasteiger partial charge on any atom is 0.335 e. The number of aliphatic hydroxyl groups is 5. The van der Waals surface area contributed by atoms with Crippen LogP contribution in [0.25, 0.3) is 0 Å². The van der Waals surface area contributed by atoms with Crippen LogP contribution in [0.5, 0.6) is 0 Å². The summed E-state index contributed by atoms with van der Waals surface area (Å²) in [5.74, 6) is 0.898. The van der Waals surface area contributed by atoms with Gasteiger partial charge in [0.15, 0.2) is 12.4 Å². The molecule has 14 atom stereocenters. The molecule has 5 rings (SSSR count). The molecule has 5 aliphatic rings. The molecule has 4 saturated carbocycles. The molecule has 1 saturated heterocycles. The summed E-state index contributed by atoms with van der Waals surface area (Å²) in [4.78, 5) is 11.5. The van der Waals surface area contributed by atoms with Crippen molar-refractivity contribution in [1.29, 1.82) is 0 Å². The van der Waals surface area contributed by atoms with E-state index in [1.54, 1.807) is 0 Å². The summed E-state index contributed by atoms with van der Waals surface area (Å²) in [7, 11) is 0. The van der Waals surface area contributed by atoms with Gasteiger partial charge in [0.2, 0.25) is 0 Å². The quantitative estimate of drug-likeness (QED) is 0.319. The Morgan fingerprint density at radius 1 is 0.917 bits per heavy atom. The Labute approximate surface area is 212 Å². The van der Waals surface area contributed by atoms with Gasteiger partial charge in [-0.25, -0.2) is 4.79 Å². The molecule has 0 radical (unpaired) electrons. The third-order valence-electron chi connectivity index (χ3n) is 11.5. The minimum absolute atomic E-state index is 0.00947. The van der Waals surface area contributed by atoms with Gasteiger partial charge in [-0.05, 0) is 98.2 Å². The van der Waals surface area contributed by atoms with Crippen molar-refractivity contribution in [2.75, 3.05) is 6.61 Å². The minimum atomic E-state index is -1.77. The molecule has 6 N–H and O–H groups in total. The number of carbonyl (C=O) groups is 1. The lowest BCUT2D eigenvalue weighted by Gasteiger charge is -2.61. The number of aliphatic hydroxyl groups excluding tert-OH is 5. The fraction of sp³-hybridized carbons (Fsp3) is 0.963. The van der Waals surface area contributed by atoms with Crippen LogP contribution in [-0.4, -0.2) is 86.1 Å². The van der Waals surface area contributed by atoms with Crippen molar-refractivity contribution in [3.05, 3.63) is 0 Å². The summed E-state index contributed by atoms with van der Waals surface area (Å²) in [6, 6.07) is 0. The van der Waals surface area contributed by atoms with Gasteiger partial charge in [0.1, 0.15) is 18.3 Å². The summed E-state index contributed by atoms with van der Waals surface area (Å²) < 4.78 is 11.4. The van der Waals surface area contributed by atoms with E-state index >= 15 is 0 Å². The van der Waals surface area contributed by atoms with Crippen molar-refractivity contribution < 1.29 is 44.9 Å². The zero-order chi connectivity index (χ0) is 26.0. The Balaban J connectivity index is 1.32. The first kappa shape index (κ1) is 26.8. The van der Waals surface area contributed by atoms with Crippen LogP contribution in [0.2, 0.25) is 0 Å². The molecule has 0 amide bonds. The Bertz CT molecular complexity index is 823. The molecule has 1 aliphatic heterocycles. The first-order chi connectivity index (χ1) is 17.0. The Hall–Kier alpha value is -0.810. The van der Waals surface area contributed by atoms with E-state index in [2.05, 4.69) is 13.8 Å². The summed E-state index contributed by atoms with van der Waals surface area (Å²) in [5, 5.41) is 60.6. The van der Waals surface area contributed by atoms with E-state index < -0.39 is 42.8 Å². The Kier molecular flexibility index (Phi) is 7.24. The lowest BCUT2D eigenvalue weighted by Crippen LogP contribution is -2.61. The largest absolute Gasteiger partial charge is 0.479 e. The number of fused-ring (bicyclic) bond motifs is 5. The number of carboxylic acids is 1. The maximum atomic E-state index is 11.5. The molecule has 0 aromatic heterocycles. The highest BCUT2D eigenvalue weighted by molar-refractivity contribution is 5.73. The van der Waals surface area contributed by atoms with Crippen molar-refractivity contribution in [3.63, 3.8) is 0 Å². The van der Waals surface area contributed by atoms with Crippen molar-refractivity contribution in [2.24, 2.45) is 40.4 Å². The van der Waals surface area contributed by atoms with Crippen LogP contribution < -0.4 is 0 Å². The maximum absolute atomic E-state index is 11.5. The summed E-state index contributed by atoms with van der Waals surface area (Å²) in [5.41, 5.74) is 0.215. The zero-order valence-corrected chi connectivity index (χ0v) is 21.4. The van der Waals surface area contributed by atoms with E-state index in [0.29, 0.717) is 23.7 Å². The second-order valence-corrected chi connectivity index (χ2v) is 12.9. The van der Waals surface area contributed by atoms with E-state index in [1.807, 2.05) is 0 Å². The van der Waals surface area contributed by atoms with Gasteiger partial charge in [0, 0.05) is 0 Å². The second-order valence-electron chi connectivity index (χ2n) is 12.9. The number of rotatable bonds is 5. The first-order valence-corrected chi connectivity index (χ1v) is 13.9. The molecule has 9 nitrogen and oxygen atoms in total. The van der Waals surface area contributed by atoms with Gasteiger partial charge in [-0.2, -0.15) is 0 Å². The molecular formula is C27H44O9. The van der Waals surface area contributed by atoms with Crippen LogP contribution in [0, 0.1) is 40.4 Å². The van der Waals surface area contributed by atoms with Crippen LogP contribution in [0.1, 0.15) is 71.6 Å². The van der Waals surface area contributed by atoms with Gasteiger partial charge in [-0.1, -0.05) is 13.8 Å². The molecule has 206 valence electrons. The average molecular weight is 513 g/mol.